The second-order valence-electron chi connectivity index (χ2n) is 5.41. The minimum atomic E-state index is -3.05. The molecule has 1 aromatic heterocycles. The van der Waals surface area contributed by atoms with E-state index < -0.39 is 7.60 Å². The Kier molecular flexibility index (Phi) is 6.10. The van der Waals surface area contributed by atoms with E-state index in [1.54, 1.807) is 18.5 Å². The van der Waals surface area contributed by atoms with E-state index in [0.717, 1.165) is 11.3 Å². The first kappa shape index (κ1) is 17.9. The van der Waals surface area contributed by atoms with Gasteiger partial charge in [-0.25, -0.2) is 0 Å². The van der Waals surface area contributed by atoms with E-state index in [4.69, 9.17) is 9.05 Å². The smallest absolute Gasteiger partial charge is 0.309 e. The van der Waals surface area contributed by atoms with Crippen molar-refractivity contribution in [3.05, 3.63) is 35.5 Å². The summed E-state index contributed by atoms with van der Waals surface area (Å²) in [4.78, 5) is 0. The van der Waals surface area contributed by atoms with Gasteiger partial charge in [0.25, 0.3) is 0 Å². The van der Waals surface area contributed by atoms with Crippen LogP contribution in [0.2, 0.25) is 0 Å². The largest absolute Gasteiger partial charge is 0.332 e. The summed E-state index contributed by atoms with van der Waals surface area (Å²) in [6.07, 6.45) is 2.14. The third-order valence-corrected chi connectivity index (χ3v) is 5.36. The standard InChI is InChI=1S/C16H24N3O3P/c1-5-21-23(20,22-6-2)8-7-19-12-16(17-18-19)15-10-13(3)9-14(4)11-15/h9-12H,5-8H2,1-4H3. The molecule has 0 radical (unpaired) electrons. The van der Waals surface area contributed by atoms with Gasteiger partial charge in [-0.1, -0.05) is 22.4 Å². The Bertz CT molecular complexity index is 669. The van der Waals surface area contributed by atoms with Crippen LogP contribution in [0, 0.1) is 13.8 Å². The molecule has 126 valence electrons. The van der Waals surface area contributed by atoms with Crippen molar-refractivity contribution in [2.45, 2.75) is 34.2 Å². The Morgan fingerprint density at radius 1 is 1.09 bits per heavy atom. The molecule has 0 unspecified atom stereocenters. The summed E-state index contributed by atoms with van der Waals surface area (Å²) in [5, 5.41) is 8.31. The lowest BCUT2D eigenvalue weighted by atomic mass is 10.1. The Hall–Kier alpha value is -1.49. The van der Waals surface area contributed by atoms with Gasteiger partial charge in [0, 0.05) is 5.56 Å². The summed E-state index contributed by atoms with van der Waals surface area (Å²) < 4.78 is 24.7. The monoisotopic (exact) mass is 337 g/mol. The van der Waals surface area contributed by atoms with Crippen molar-refractivity contribution in [1.82, 2.24) is 15.0 Å². The average molecular weight is 337 g/mol. The summed E-state index contributed by atoms with van der Waals surface area (Å²) >= 11 is 0. The van der Waals surface area contributed by atoms with Crippen LogP contribution >= 0.6 is 7.60 Å². The van der Waals surface area contributed by atoms with Gasteiger partial charge in [-0.15, -0.1) is 5.10 Å². The topological polar surface area (TPSA) is 66.2 Å². The molecule has 0 saturated carbocycles. The van der Waals surface area contributed by atoms with Gasteiger partial charge in [0.15, 0.2) is 0 Å². The Morgan fingerprint density at radius 3 is 2.26 bits per heavy atom. The van der Waals surface area contributed by atoms with Crippen LogP contribution in [0.5, 0.6) is 0 Å². The molecule has 0 fully saturated rings. The van der Waals surface area contributed by atoms with Crippen molar-refractivity contribution in [3.8, 4) is 11.3 Å². The van der Waals surface area contributed by atoms with E-state index >= 15 is 0 Å². The Morgan fingerprint density at radius 2 is 1.70 bits per heavy atom. The number of hydrogen-bond donors (Lipinski definition) is 0. The lowest BCUT2D eigenvalue weighted by Gasteiger charge is -2.16. The van der Waals surface area contributed by atoms with E-state index in [0.29, 0.717) is 19.8 Å². The molecular weight excluding hydrogens is 313 g/mol. The van der Waals surface area contributed by atoms with E-state index in [1.807, 2.05) is 6.20 Å². The van der Waals surface area contributed by atoms with Gasteiger partial charge in [-0.05, 0) is 39.8 Å². The van der Waals surface area contributed by atoms with E-state index in [2.05, 4.69) is 42.4 Å². The molecule has 0 aliphatic carbocycles. The zero-order valence-electron chi connectivity index (χ0n) is 14.2. The van der Waals surface area contributed by atoms with Gasteiger partial charge in [0.1, 0.15) is 5.69 Å². The highest BCUT2D eigenvalue weighted by Gasteiger charge is 2.23. The second-order valence-corrected chi connectivity index (χ2v) is 7.60. The van der Waals surface area contributed by atoms with Gasteiger partial charge in [0.05, 0.1) is 32.1 Å². The van der Waals surface area contributed by atoms with Crippen molar-refractivity contribution in [3.63, 3.8) is 0 Å². The summed E-state index contributed by atoms with van der Waals surface area (Å²) in [7, 11) is -3.05. The molecule has 7 heteroatoms. The summed E-state index contributed by atoms with van der Waals surface area (Å²) in [6, 6.07) is 6.27. The Balaban J connectivity index is 2.09. The maximum Gasteiger partial charge on any atom is 0.332 e. The van der Waals surface area contributed by atoms with Crippen LogP contribution in [0.15, 0.2) is 24.4 Å². The number of hydrogen-bond acceptors (Lipinski definition) is 5. The first-order valence-electron chi connectivity index (χ1n) is 7.82. The van der Waals surface area contributed by atoms with Crippen LogP contribution in [0.4, 0.5) is 0 Å². The van der Waals surface area contributed by atoms with E-state index in [1.165, 1.54) is 11.1 Å². The fourth-order valence-corrected chi connectivity index (χ4v) is 4.02. The third kappa shape index (κ3) is 4.99. The third-order valence-electron chi connectivity index (χ3n) is 3.31. The van der Waals surface area contributed by atoms with Crippen molar-refractivity contribution < 1.29 is 13.6 Å². The van der Waals surface area contributed by atoms with Crippen molar-refractivity contribution in [2.75, 3.05) is 19.4 Å². The molecule has 1 heterocycles. The molecule has 2 rings (SSSR count). The zero-order valence-corrected chi connectivity index (χ0v) is 15.0. The maximum absolute atomic E-state index is 12.4. The van der Waals surface area contributed by atoms with Crippen molar-refractivity contribution in [1.29, 1.82) is 0 Å². The van der Waals surface area contributed by atoms with Crippen molar-refractivity contribution in [2.24, 2.45) is 0 Å². The number of aryl methyl sites for hydroxylation is 3. The van der Waals surface area contributed by atoms with Crippen LogP contribution in [0.1, 0.15) is 25.0 Å². The van der Waals surface area contributed by atoms with E-state index in [-0.39, 0.29) is 6.16 Å². The summed E-state index contributed by atoms with van der Waals surface area (Å²) in [6.45, 7) is 8.89. The van der Waals surface area contributed by atoms with E-state index in [9.17, 15) is 4.57 Å². The van der Waals surface area contributed by atoms with Crippen LogP contribution < -0.4 is 0 Å². The molecule has 1 aromatic carbocycles. The first-order chi connectivity index (χ1) is 11.0. The molecule has 0 aliphatic rings. The van der Waals surface area contributed by atoms with Crippen LogP contribution in [-0.2, 0) is 20.2 Å². The van der Waals surface area contributed by atoms with Crippen molar-refractivity contribution >= 4 is 7.60 Å². The zero-order chi connectivity index (χ0) is 16.9. The highest BCUT2D eigenvalue weighted by Crippen LogP contribution is 2.47. The molecule has 0 bridgehead atoms. The minimum Gasteiger partial charge on any atom is -0.309 e. The van der Waals surface area contributed by atoms with Gasteiger partial charge in [0.2, 0.25) is 0 Å². The normalized spacial score (nSPS) is 11.8. The maximum atomic E-state index is 12.4. The minimum absolute atomic E-state index is 0.282. The van der Waals surface area contributed by atoms with Gasteiger partial charge in [-0.3, -0.25) is 9.25 Å². The second kappa shape index (κ2) is 7.86. The fourth-order valence-electron chi connectivity index (χ4n) is 2.45. The molecule has 23 heavy (non-hydrogen) atoms. The highest BCUT2D eigenvalue weighted by atomic mass is 31.2. The Labute approximate surface area is 137 Å². The number of nitrogens with zero attached hydrogens (tertiary/aromatic N) is 3. The molecule has 0 atom stereocenters. The quantitative estimate of drug-likeness (QED) is 0.685. The molecule has 0 amide bonds. The summed E-state index contributed by atoms with van der Waals surface area (Å²) in [5.74, 6) is 0. The number of aromatic nitrogens is 3. The molecule has 0 spiro atoms. The molecular formula is C16H24N3O3P. The first-order valence-corrected chi connectivity index (χ1v) is 9.55. The fraction of sp³-hybridized carbons (Fsp3) is 0.500. The van der Waals surface area contributed by atoms with Crippen LogP contribution in [0.3, 0.4) is 0 Å². The van der Waals surface area contributed by atoms with Gasteiger partial charge in [-0.2, -0.15) is 0 Å². The number of rotatable bonds is 8. The lowest BCUT2D eigenvalue weighted by Crippen LogP contribution is -2.08. The molecule has 0 aliphatic heterocycles. The molecule has 6 nitrogen and oxygen atoms in total. The SMILES string of the molecule is CCOP(=O)(CCn1cc(-c2cc(C)cc(C)c2)nn1)OCC. The van der Waals surface area contributed by atoms with Gasteiger partial charge < -0.3 is 9.05 Å². The summed E-state index contributed by atoms with van der Waals surface area (Å²) in [5.41, 5.74) is 4.21. The molecule has 0 saturated heterocycles. The number of benzene rings is 1. The van der Waals surface area contributed by atoms with Crippen LogP contribution in [-0.4, -0.2) is 34.4 Å². The van der Waals surface area contributed by atoms with Gasteiger partial charge >= 0.3 is 7.60 Å². The average Bonchev–Trinajstić information content (AvgIpc) is 2.94. The van der Waals surface area contributed by atoms with Crippen LogP contribution in [0.25, 0.3) is 11.3 Å². The predicted molar refractivity (Wildman–Crippen MR) is 90.7 cm³/mol. The predicted octanol–water partition coefficient (Wildman–Crippen LogP) is 3.83. The lowest BCUT2D eigenvalue weighted by molar-refractivity contribution is 0.218. The molecule has 0 N–H and O–H groups in total. The molecule has 2 aromatic rings. The highest BCUT2D eigenvalue weighted by molar-refractivity contribution is 7.53.